The van der Waals surface area contributed by atoms with Crippen LogP contribution in [-0.2, 0) is 5.88 Å². The van der Waals surface area contributed by atoms with Crippen molar-refractivity contribution in [2.45, 2.75) is 5.88 Å². The van der Waals surface area contributed by atoms with Gasteiger partial charge in [-0.25, -0.2) is 0 Å². The van der Waals surface area contributed by atoms with Gasteiger partial charge in [0.2, 0.25) is 10.3 Å². The fourth-order valence-electron chi connectivity index (χ4n) is 3.11. The summed E-state index contributed by atoms with van der Waals surface area (Å²) < 4.78 is 7.33. The van der Waals surface area contributed by atoms with Crippen molar-refractivity contribution in [1.29, 1.82) is 0 Å². The predicted molar refractivity (Wildman–Crippen MR) is 106 cm³/mol. The number of ether oxygens (including phenoxy) is 1. The van der Waals surface area contributed by atoms with Crippen LogP contribution in [0.5, 0.6) is 5.75 Å². The molecule has 0 radical (unpaired) electrons. The molecule has 0 N–H and O–H groups in total. The van der Waals surface area contributed by atoms with Gasteiger partial charge in [-0.15, -0.1) is 21.8 Å². The summed E-state index contributed by atoms with van der Waals surface area (Å²) in [4.78, 5) is 4.67. The molecule has 0 bridgehead atoms. The van der Waals surface area contributed by atoms with Crippen molar-refractivity contribution in [3.63, 3.8) is 0 Å². The average molecular weight is 390 g/mol. The van der Waals surface area contributed by atoms with Crippen LogP contribution in [0.1, 0.15) is 5.69 Å². The third kappa shape index (κ3) is 3.37. The Kier molecular flexibility index (Phi) is 4.99. The van der Waals surface area contributed by atoms with Crippen molar-refractivity contribution in [2.24, 2.45) is 0 Å². The Morgan fingerprint density at radius 2 is 1.81 bits per heavy atom. The van der Waals surface area contributed by atoms with Crippen molar-refractivity contribution in [1.82, 2.24) is 14.8 Å². The number of hydrogen-bond donors (Lipinski definition) is 0. The highest BCUT2D eigenvalue weighted by atomic mass is 35.5. The maximum absolute atomic E-state index is 5.99. The van der Waals surface area contributed by atoms with Gasteiger partial charge in [0.15, 0.2) is 0 Å². The van der Waals surface area contributed by atoms with E-state index in [9.17, 15) is 0 Å². The van der Waals surface area contributed by atoms with Crippen molar-refractivity contribution in [3.05, 3.63) is 48.3 Å². The molecule has 26 heavy (non-hydrogen) atoms. The van der Waals surface area contributed by atoms with Crippen LogP contribution in [0.25, 0.3) is 5.13 Å². The first-order valence-corrected chi connectivity index (χ1v) is 9.83. The standard InChI is InChI=1S/C18H20ClN5OS/c1-25-16-6-2-4-14(12-16)22-8-10-23(11-9-22)17-20-21-18(26-17)24-7-3-5-15(24)13-19/h2-7,12H,8-11,13H2,1H3. The first-order valence-electron chi connectivity index (χ1n) is 8.48. The third-order valence-corrected chi connectivity index (χ3v) is 5.81. The molecule has 0 amide bonds. The highest BCUT2D eigenvalue weighted by Gasteiger charge is 2.21. The lowest BCUT2D eigenvalue weighted by atomic mass is 10.2. The first kappa shape index (κ1) is 17.2. The van der Waals surface area contributed by atoms with E-state index in [1.807, 2.05) is 35.0 Å². The van der Waals surface area contributed by atoms with Crippen LogP contribution in [-0.4, -0.2) is 48.1 Å². The normalized spacial score (nSPS) is 14.7. The van der Waals surface area contributed by atoms with Crippen molar-refractivity contribution < 1.29 is 4.74 Å². The zero-order chi connectivity index (χ0) is 17.9. The summed E-state index contributed by atoms with van der Waals surface area (Å²) in [6.07, 6.45) is 1.97. The molecule has 0 aliphatic carbocycles. The Balaban J connectivity index is 1.44. The molecular weight excluding hydrogens is 370 g/mol. The summed E-state index contributed by atoms with van der Waals surface area (Å²) in [7, 11) is 1.70. The number of alkyl halides is 1. The van der Waals surface area contributed by atoms with Crippen LogP contribution in [0, 0.1) is 0 Å². The van der Waals surface area contributed by atoms with E-state index in [4.69, 9.17) is 16.3 Å². The molecule has 0 unspecified atom stereocenters. The molecule has 1 aromatic carbocycles. The van der Waals surface area contributed by atoms with Gasteiger partial charge in [0.25, 0.3) is 0 Å². The molecule has 3 aromatic rings. The maximum atomic E-state index is 5.99. The van der Waals surface area contributed by atoms with Gasteiger partial charge in [-0.3, -0.25) is 4.57 Å². The Morgan fingerprint density at radius 3 is 2.58 bits per heavy atom. The highest BCUT2D eigenvalue weighted by Crippen LogP contribution is 2.27. The number of halogens is 1. The lowest BCUT2D eigenvalue weighted by Gasteiger charge is -2.35. The van der Waals surface area contributed by atoms with Crippen LogP contribution >= 0.6 is 22.9 Å². The fraction of sp³-hybridized carbons (Fsp3) is 0.333. The molecule has 1 fully saturated rings. The Hall–Kier alpha value is -2.25. The second-order valence-electron chi connectivity index (χ2n) is 6.05. The molecule has 0 saturated carbocycles. The molecule has 1 aliphatic rings. The summed E-state index contributed by atoms with van der Waals surface area (Å²) >= 11 is 7.58. The van der Waals surface area contributed by atoms with Crippen molar-refractivity contribution in [2.75, 3.05) is 43.1 Å². The molecule has 8 heteroatoms. The van der Waals surface area contributed by atoms with Crippen LogP contribution in [0.2, 0.25) is 0 Å². The Labute approximate surface area is 161 Å². The highest BCUT2D eigenvalue weighted by molar-refractivity contribution is 7.17. The van der Waals surface area contributed by atoms with E-state index in [1.165, 1.54) is 5.69 Å². The third-order valence-electron chi connectivity index (χ3n) is 4.55. The molecule has 3 heterocycles. The van der Waals surface area contributed by atoms with Gasteiger partial charge in [-0.05, 0) is 24.3 Å². The summed E-state index contributed by atoms with van der Waals surface area (Å²) in [5, 5.41) is 10.5. The van der Waals surface area contributed by atoms with E-state index < -0.39 is 0 Å². The topological polar surface area (TPSA) is 46.4 Å². The SMILES string of the molecule is COc1cccc(N2CCN(c3nnc(-n4cccc4CCl)s3)CC2)c1. The van der Waals surface area contributed by atoms with Crippen LogP contribution in [0.4, 0.5) is 10.8 Å². The minimum absolute atomic E-state index is 0.459. The second kappa shape index (κ2) is 7.55. The molecule has 2 aromatic heterocycles. The van der Waals surface area contributed by atoms with E-state index >= 15 is 0 Å². The van der Waals surface area contributed by atoms with E-state index in [2.05, 4.69) is 32.1 Å². The number of nitrogens with zero attached hydrogens (tertiary/aromatic N) is 5. The van der Waals surface area contributed by atoms with Crippen molar-refractivity contribution >= 4 is 33.8 Å². The molecule has 0 atom stereocenters. The number of anilines is 2. The Bertz CT molecular complexity index is 872. The summed E-state index contributed by atoms with van der Waals surface area (Å²) in [6, 6.07) is 12.2. The maximum Gasteiger partial charge on any atom is 0.218 e. The number of methoxy groups -OCH3 is 1. The number of aromatic nitrogens is 3. The van der Waals surface area contributed by atoms with E-state index in [-0.39, 0.29) is 0 Å². The molecule has 6 nitrogen and oxygen atoms in total. The van der Waals surface area contributed by atoms with Gasteiger partial charge in [0.05, 0.1) is 13.0 Å². The van der Waals surface area contributed by atoms with E-state index in [0.29, 0.717) is 5.88 Å². The molecule has 0 spiro atoms. The van der Waals surface area contributed by atoms with Gasteiger partial charge in [-0.2, -0.15) is 0 Å². The van der Waals surface area contributed by atoms with Crippen LogP contribution in [0.3, 0.4) is 0 Å². The summed E-state index contributed by atoms with van der Waals surface area (Å²) in [6.45, 7) is 3.72. The minimum atomic E-state index is 0.459. The zero-order valence-corrected chi connectivity index (χ0v) is 16.1. The van der Waals surface area contributed by atoms with Gasteiger partial charge in [-0.1, -0.05) is 17.4 Å². The summed E-state index contributed by atoms with van der Waals surface area (Å²) in [5.41, 5.74) is 2.22. The van der Waals surface area contributed by atoms with Gasteiger partial charge >= 0.3 is 0 Å². The number of piperazine rings is 1. The van der Waals surface area contributed by atoms with E-state index in [1.54, 1.807) is 18.4 Å². The number of benzene rings is 1. The van der Waals surface area contributed by atoms with Crippen LogP contribution in [0.15, 0.2) is 42.6 Å². The van der Waals surface area contributed by atoms with Gasteiger partial charge < -0.3 is 14.5 Å². The number of hydrogen-bond acceptors (Lipinski definition) is 6. The first-order chi connectivity index (χ1) is 12.8. The van der Waals surface area contributed by atoms with E-state index in [0.717, 1.165) is 47.9 Å². The van der Waals surface area contributed by atoms with Crippen LogP contribution < -0.4 is 14.5 Å². The molecule has 4 rings (SSSR count). The minimum Gasteiger partial charge on any atom is -0.497 e. The number of rotatable bonds is 5. The van der Waals surface area contributed by atoms with Gasteiger partial charge in [0.1, 0.15) is 5.75 Å². The zero-order valence-electron chi connectivity index (χ0n) is 14.5. The lowest BCUT2D eigenvalue weighted by Crippen LogP contribution is -2.46. The smallest absolute Gasteiger partial charge is 0.218 e. The lowest BCUT2D eigenvalue weighted by molar-refractivity contribution is 0.414. The predicted octanol–water partition coefficient (Wildman–Crippen LogP) is 3.40. The largest absolute Gasteiger partial charge is 0.497 e. The second-order valence-corrected chi connectivity index (χ2v) is 7.25. The van der Waals surface area contributed by atoms with Crippen molar-refractivity contribution in [3.8, 4) is 10.9 Å². The molecule has 1 aliphatic heterocycles. The molecule has 1 saturated heterocycles. The monoisotopic (exact) mass is 389 g/mol. The quantitative estimate of drug-likeness (QED) is 0.626. The molecular formula is C18H20ClN5OS. The Morgan fingerprint density at radius 1 is 1.04 bits per heavy atom. The average Bonchev–Trinajstić information content (AvgIpc) is 3.37. The molecule has 136 valence electrons. The fourth-order valence-corrected chi connectivity index (χ4v) is 4.24. The summed E-state index contributed by atoms with van der Waals surface area (Å²) in [5.74, 6) is 1.35. The van der Waals surface area contributed by atoms with Gasteiger partial charge in [0, 0.05) is 49.8 Å².